The van der Waals surface area contributed by atoms with Crippen LogP contribution in [0.5, 0.6) is 0 Å². The fraction of sp³-hybridized carbons (Fsp3) is 0.348. The van der Waals surface area contributed by atoms with Crippen LogP contribution in [0.2, 0.25) is 0 Å². The minimum Gasteiger partial charge on any atom is -0.481 e. The zero-order valence-electron chi connectivity index (χ0n) is 15.1. The molecule has 136 valence electrons. The quantitative estimate of drug-likeness (QED) is 0.735. The van der Waals surface area contributed by atoms with E-state index in [9.17, 15) is 9.90 Å². The van der Waals surface area contributed by atoms with Crippen molar-refractivity contribution in [3.8, 4) is 0 Å². The number of aromatic nitrogens is 1. The fourth-order valence-corrected chi connectivity index (χ4v) is 6.14. The van der Waals surface area contributed by atoms with Crippen LogP contribution in [0.1, 0.15) is 29.0 Å². The maximum Gasteiger partial charge on any atom is 0.311 e. The van der Waals surface area contributed by atoms with Crippen molar-refractivity contribution in [1.82, 2.24) is 9.88 Å². The van der Waals surface area contributed by atoms with Gasteiger partial charge in [-0.3, -0.25) is 9.69 Å². The van der Waals surface area contributed by atoms with E-state index >= 15 is 0 Å². The van der Waals surface area contributed by atoms with E-state index in [2.05, 4.69) is 52.5 Å². The van der Waals surface area contributed by atoms with Crippen LogP contribution in [0.25, 0.3) is 10.9 Å². The summed E-state index contributed by atoms with van der Waals surface area (Å²) in [6.07, 6.45) is 3.88. The smallest absolute Gasteiger partial charge is 0.311 e. The summed E-state index contributed by atoms with van der Waals surface area (Å²) in [5.74, 6) is -0.378. The van der Waals surface area contributed by atoms with E-state index in [1.807, 2.05) is 12.1 Å². The van der Waals surface area contributed by atoms with E-state index in [0.29, 0.717) is 19.0 Å². The molecule has 2 fully saturated rings. The second-order valence-corrected chi connectivity index (χ2v) is 8.46. The van der Waals surface area contributed by atoms with Crippen molar-refractivity contribution in [2.45, 2.75) is 24.8 Å². The molecule has 4 heteroatoms. The minimum atomic E-state index is -0.682. The molecule has 27 heavy (non-hydrogen) atoms. The molecule has 2 aliphatic heterocycles. The zero-order valence-corrected chi connectivity index (χ0v) is 15.1. The highest BCUT2D eigenvalue weighted by Gasteiger charge is 2.64. The summed E-state index contributed by atoms with van der Waals surface area (Å²) >= 11 is 0. The summed E-state index contributed by atoms with van der Waals surface area (Å²) in [6.45, 7) is 1.72. The molecular weight excluding hydrogens is 336 g/mol. The van der Waals surface area contributed by atoms with Crippen molar-refractivity contribution in [2.24, 2.45) is 11.3 Å². The molecule has 3 aliphatic rings. The summed E-state index contributed by atoms with van der Waals surface area (Å²) < 4.78 is 0. The van der Waals surface area contributed by atoms with Crippen molar-refractivity contribution >= 4 is 16.9 Å². The highest BCUT2D eigenvalue weighted by molar-refractivity contribution is 5.85. The molecular formula is C23H22N2O2. The number of aliphatic carboxylic acids is 1. The van der Waals surface area contributed by atoms with Gasteiger partial charge in [-0.15, -0.1) is 0 Å². The van der Waals surface area contributed by atoms with Gasteiger partial charge in [0.2, 0.25) is 0 Å². The summed E-state index contributed by atoms with van der Waals surface area (Å²) in [4.78, 5) is 18.5. The van der Waals surface area contributed by atoms with Crippen LogP contribution in [-0.2, 0) is 11.2 Å². The van der Waals surface area contributed by atoms with E-state index in [1.165, 1.54) is 22.1 Å². The lowest BCUT2D eigenvalue weighted by atomic mass is 9.57. The van der Waals surface area contributed by atoms with Gasteiger partial charge in [0.05, 0.1) is 5.41 Å². The molecule has 2 aromatic carbocycles. The molecule has 6 rings (SSSR count). The Morgan fingerprint density at radius 2 is 1.93 bits per heavy atom. The second-order valence-electron chi connectivity index (χ2n) is 8.46. The maximum absolute atomic E-state index is 12.6. The van der Waals surface area contributed by atoms with Crippen LogP contribution in [0, 0.1) is 11.3 Å². The number of carbonyl (C=O) groups is 1. The van der Waals surface area contributed by atoms with Gasteiger partial charge in [0, 0.05) is 41.5 Å². The van der Waals surface area contributed by atoms with Crippen LogP contribution >= 0.6 is 0 Å². The normalized spacial score (nSPS) is 31.8. The van der Waals surface area contributed by atoms with E-state index in [1.54, 1.807) is 0 Å². The Bertz CT molecular complexity index is 1070. The van der Waals surface area contributed by atoms with E-state index in [0.717, 1.165) is 18.5 Å². The van der Waals surface area contributed by atoms with Gasteiger partial charge in [0.1, 0.15) is 0 Å². The van der Waals surface area contributed by atoms with Gasteiger partial charge < -0.3 is 10.1 Å². The van der Waals surface area contributed by atoms with Crippen molar-refractivity contribution in [2.75, 3.05) is 13.1 Å². The van der Waals surface area contributed by atoms with Crippen molar-refractivity contribution in [3.63, 3.8) is 0 Å². The van der Waals surface area contributed by atoms with Crippen LogP contribution in [-0.4, -0.2) is 40.1 Å². The van der Waals surface area contributed by atoms with Gasteiger partial charge in [0.25, 0.3) is 0 Å². The number of benzene rings is 2. The molecule has 0 bridgehead atoms. The fourth-order valence-electron chi connectivity index (χ4n) is 6.14. The average molecular weight is 358 g/mol. The molecule has 1 aliphatic carbocycles. The number of H-pyrrole nitrogens is 1. The van der Waals surface area contributed by atoms with Crippen molar-refractivity contribution in [3.05, 3.63) is 71.4 Å². The van der Waals surface area contributed by atoms with Gasteiger partial charge in [-0.25, -0.2) is 0 Å². The predicted molar refractivity (Wildman–Crippen MR) is 104 cm³/mol. The van der Waals surface area contributed by atoms with Gasteiger partial charge in [-0.2, -0.15) is 0 Å². The van der Waals surface area contributed by atoms with E-state index in [4.69, 9.17) is 0 Å². The standard InChI is InChI=1S/C23H22N2O2/c26-22(27)23-11-14-5-1-2-6-15(14)20(21(23)19-9-10-25(19)13-23)17-12-24-18-8-4-3-7-16(17)18/h1-8,12,19-21,24H,9-11,13H2,(H,26,27). The summed E-state index contributed by atoms with van der Waals surface area (Å²) in [6, 6.07) is 17.3. The lowest BCUT2D eigenvalue weighted by Crippen LogP contribution is -2.49. The minimum absolute atomic E-state index is 0.123. The van der Waals surface area contributed by atoms with Crippen LogP contribution < -0.4 is 0 Å². The monoisotopic (exact) mass is 358 g/mol. The Kier molecular flexibility index (Phi) is 3.00. The summed E-state index contributed by atoms with van der Waals surface area (Å²) in [5, 5.41) is 11.6. The molecule has 0 amide bonds. The molecule has 1 aromatic heterocycles. The Balaban J connectivity index is 1.64. The number of hydrogen-bond donors (Lipinski definition) is 2. The van der Waals surface area contributed by atoms with Crippen LogP contribution in [0.3, 0.4) is 0 Å². The van der Waals surface area contributed by atoms with Gasteiger partial charge in [0.15, 0.2) is 0 Å². The summed E-state index contributed by atoms with van der Waals surface area (Å²) in [5.41, 5.74) is 4.22. The lowest BCUT2D eigenvalue weighted by molar-refractivity contribution is -0.151. The lowest BCUT2D eigenvalue weighted by Gasteiger charge is -2.45. The molecule has 3 aromatic rings. The molecule has 4 unspecified atom stereocenters. The number of nitrogens with zero attached hydrogens (tertiary/aromatic N) is 1. The first kappa shape index (κ1) is 15.5. The molecule has 4 atom stereocenters. The first-order chi connectivity index (χ1) is 13.2. The van der Waals surface area contributed by atoms with Gasteiger partial charge in [-0.05, 0) is 42.1 Å². The average Bonchev–Trinajstić information content (AvgIpc) is 3.18. The first-order valence-electron chi connectivity index (χ1n) is 9.80. The van der Waals surface area contributed by atoms with E-state index in [-0.39, 0.29) is 11.8 Å². The Hall–Kier alpha value is -2.59. The topological polar surface area (TPSA) is 56.3 Å². The van der Waals surface area contributed by atoms with E-state index < -0.39 is 11.4 Å². The van der Waals surface area contributed by atoms with Gasteiger partial charge in [-0.1, -0.05) is 42.5 Å². The number of fused-ring (bicyclic) bond motifs is 5. The number of para-hydroxylation sites is 1. The van der Waals surface area contributed by atoms with Crippen LogP contribution in [0.15, 0.2) is 54.7 Å². The molecule has 0 radical (unpaired) electrons. The molecule has 3 heterocycles. The molecule has 0 saturated carbocycles. The Labute approximate surface area is 157 Å². The Morgan fingerprint density at radius 3 is 2.74 bits per heavy atom. The van der Waals surface area contributed by atoms with Crippen molar-refractivity contribution in [1.29, 1.82) is 0 Å². The third-order valence-corrected chi connectivity index (χ3v) is 7.36. The number of hydrogen-bond acceptors (Lipinski definition) is 2. The molecule has 2 N–H and O–H groups in total. The zero-order chi connectivity index (χ0) is 18.2. The molecule has 4 nitrogen and oxygen atoms in total. The Morgan fingerprint density at radius 1 is 1.11 bits per heavy atom. The predicted octanol–water partition coefficient (Wildman–Crippen LogP) is 3.63. The molecule has 2 saturated heterocycles. The summed E-state index contributed by atoms with van der Waals surface area (Å²) in [7, 11) is 0. The highest BCUT2D eigenvalue weighted by atomic mass is 16.4. The number of carboxylic acid groups (broad SMARTS) is 1. The third kappa shape index (κ3) is 1.89. The highest BCUT2D eigenvalue weighted by Crippen LogP contribution is 2.59. The van der Waals surface area contributed by atoms with Crippen LogP contribution in [0.4, 0.5) is 0 Å². The maximum atomic E-state index is 12.6. The third-order valence-electron chi connectivity index (χ3n) is 7.36. The largest absolute Gasteiger partial charge is 0.481 e. The number of nitrogens with one attached hydrogen (secondary N) is 1. The van der Waals surface area contributed by atoms with Gasteiger partial charge >= 0.3 is 5.97 Å². The number of aromatic amines is 1. The number of rotatable bonds is 2. The van der Waals surface area contributed by atoms with Crippen molar-refractivity contribution < 1.29 is 9.90 Å². The number of carboxylic acids is 1. The SMILES string of the molecule is O=C(O)C12Cc3ccccc3C(c3c[nH]c4ccccc34)C1C1CCN1C2. The molecule has 0 spiro atoms. The second kappa shape index (κ2) is 5.23. The first-order valence-corrected chi connectivity index (χ1v) is 9.80.